The Balaban J connectivity index is 0. The molecule has 0 saturated carbocycles. The van der Waals surface area contributed by atoms with Gasteiger partial charge >= 0.3 is 0 Å². The second kappa shape index (κ2) is 6.50. The van der Waals surface area contributed by atoms with E-state index in [-0.39, 0.29) is 33.1 Å². The summed E-state index contributed by atoms with van der Waals surface area (Å²) >= 11 is 0. The maximum atomic E-state index is 11.9. The first-order valence-electron chi connectivity index (χ1n) is 4.71. The molecule has 1 aromatic rings. The fourth-order valence-electron chi connectivity index (χ4n) is 1.79. The summed E-state index contributed by atoms with van der Waals surface area (Å²) in [6.07, 6.45) is 0. The normalized spacial score (nSPS) is 13.7. The smallest absolute Gasteiger partial charge is 0.298 e. The van der Waals surface area contributed by atoms with Gasteiger partial charge in [-0.3, -0.25) is 14.1 Å². The van der Waals surface area contributed by atoms with Crippen LogP contribution in [0.25, 0.3) is 0 Å². The number of allylic oxidation sites excluding steroid dienone is 2. The van der Waals surface area contributed by atoms with Gasteiger partial charge in [-0.15, -0.1) is 0 Å². The van der Waals surface area contributed by atoms with E-state index in [4.69, 9.17) is 4.55 Å². The summed E-state index contributed by atoms with van der Waals surface area (Å²) in [5.74, 6) is -1.41. The van der Waals surface area contributed by atoms with Gasteiger partial charge < -0.3 is 16.4 Å². The number of carbonyl (C=O) groups excluding carboxylic acids is 2. The van der Waals surface area contributed by atoms with Crippen LogP contribution in [0.4, 0.5) is 0 Å². The van der Waals surface area contributed by atoms with Gasteiger partial charge in [-0.2, -0.15) is 8.42 Å². The van der Waals surface area contributed by atoms with Crippen LogP contribution in [-0.4, -0.2) is 41.0 Å². The van der Waals surface area contributed by atoms with Crippen LogP contribution in [0.2, 0.25) is 0 Å². The molecule has 1 aliphatic carbocycles. The molecule has 0 atom stereocenters. The molecule has 0 fully saturated rings. The second-order valence-corrected chi connectivity index (χ2v) is 4.99. The van der Waals surface area contributed by atoms with Crippen molar-refractivity contribution >= 4 is 21.7 Å². The number of hydrogen-bond donors (Lipinski definition) is 1. The highest BCUT2D eigenvalue weighted by Crippen LogP contribution is 2.28. The van der Waals surface area contributed by atoms with Crippen LogP contribution >= 0.6 is 0 Å². The summed E-state index contributed by atoms with van der Waals surface area (Å²) < 4.78 is 31.1. The Bertz CT molecular complexity index is 671. The van der Waals surface area contributed by atoms with Gasteiger partial charge in [0.05, 0.1) is 0 Å². The summed E-state index contributed by atoms with van der Waals surface area (Å²) in [6.45, 7) is 1.21. The van der Waals surface area contributed by atoms with Crippen molar-refractivity contribution in [1.82, 2.24) is 0 Å². The van der Waals surface area contributed by atoms with Crippen molar-refractivity contribution in [3.63, 3.8) is 0 Å². The van der Waals surface area contributed by atoms with E-state index < -0.39 is 26.6 Å². The van der Waals surface area contributed by atoms with Gasteiger partial charge in [0, 0.05) is 16.7 Å². The van der Waals surface area contributed by atoms with Gasteiger partial charge in [-0.05, 0) is 6.92 Å². The number of carbonyl (C=O) groups is 2. The first-order valence-corrected chi connectivity index (χ1v) is 6.15. The average Bonchev–Trinajstić information content (AvgIpc) is 2.24. The molecule has 0 aromatic heterocycles. The highest BCUT2D eigenvalue weighted by atomic mass is 32.2. The SMILES string of the molecule is CC1=C(S(=O)(=O)O)C(=O)c2ccccc2C1=O.O.O.O. The lowest BCUT2D eigenvalue weighted by atomic mass is 9.90. The van der Waals surface area contributed by atoms with Crippen LogP contribution in [0, 0.1) is 0 Å². The number of benzene rings is 1. The minimum atomic E-state index is -4.69. The highest BCUT2D eigenvalue weighted by molar-refractivity contribution is 7.91. The van der Waals surface area contributed by atoms with Crippen LogP contribution in [0.15, 0.2) is 34.7 Å². The van der Waals surface area contributed by atoms with E-state index in [9.17, 15) is 18.0 Å². The average molecular weight is 306 g/mol. The van der Waals surface area contributed by atoms with Crippen molar-refractivity contribution in [2.24, 2.45) is 0 Å². The van der Waals surface area contributed by atoms with Gasteiger partial charge in [0.1, 0.15) is 4.91 Å². The largest absolute Gasteiger partial charge is 0.412 e. The lowest BCUT2D eigenvalue weighted by Crippen LogP contribution is -2.25. The van der Waals surface area contributed by atoms with Gasteiger partial charge in [0.25, 0.3) is 10.1 Å². The van der Waals surface area contributed by atoms with Crippen molar-refractivity contribution in [2.45, 2.75) is 6.92 Å². The van der Waals surface area contributed by atoms with E-state index in [2.05, 4.69) is 0 Å². The Morgan fingerprint density at radius 1 is 0.900 bits per heavy atom. The number of Topliss-reactive ketones (excluding diaryl/α,β-unsaturated/α-hetero) is 2. The molecule has 0 saturated heterocycles. The van der Waals surface area contributed by atoms with Gasteiger partial charge in [-0.25, -0.2) is 0 Å². The first-order chi connectivity index (χ1) is 7.84. The van der Waals surface area contributed by atoms with Crippen LogP contribution in [0.1, 0.15) is 27.6 Å². The number of rotatable bonds is 1. The fourth-order valence-corrected chi connectivity index (χ4v) is 2.61. The third kappa shape index (κ3) is 2.98. The first kappa shape index (κ1) is 20.4. The molecular formula is C11H14O8S. The maximum absolute atomic E-state index is 11.9. The molecule has 1 aromatic carbocycles. The molecule has 0 unspecified atom stereocenters. The predicted octanol–water partition coefficient (Wildman–Crippen LogP) is -1.25. The number of fused-ring (bicyclic) bond motifs is 1. The number of ketones is 2. The van der Waals surface area contributed by atoms with Gasteiger partial charge in [-0.1, -0.05) is 24.3 Å². The molecule has 0 heterocycles. The molecule has 2 rings (SSSR count). The summed E-state index contributed by atoms with van der Waals surface area (Å²) in [7, 11) is -4.69. The van der Waals surface area contributed by atoms with Crippen LogP contribution in [0.3, 0.4) is 0 Å². The Morgan fingerprint density at radius 2 is 1.30 bits per heavy atom. The van der Waals surface area contributed by atoms with E-state index in [1.165, 1.54) is 25.1 Å². The van der Waals surface area contributed by atoms with E-state index in [1.54, 1.807) is 6.07 Å². The van der Waals surface area contributed by atoms with E-state index >= 15 is 0 Å². The van der Waals surface area contributed by atoms with Crippen molar-refractivity contribution in [3.05, 3.63) is 45.9 Å². The minimum Gasteiger partial charge on any atom is -0.412 e. The zero-order valence-electron chi connectivity index (χ0n) is 10.3. The molecule has 0 spiro atoms. The number of hydrogen-bond acceptors (Lipinski definition) is 4. The standard InChI is InChI=1S/C11H8O5S.3H2O/c1-6-9(12)7-4-2-3-5-8(7)10(13)11(6)17(14,15)16;;;/h2-5H,1H3,(H,14,15,16);3*1H2. The molecule has 112 valence electrons. The van der Waals surface area contributed by atoms with Crippen LogP contribution in [0.5, 0.6) is 0 Å². The molecule has 0 radical (unpaired) electrons. The third-order valence-corrected chi connectivity index (χ3v) is 3.57. The zero-order chi connectivity index (χ0) is 12.8. The quantitative estimate of drug-likeness (QED) is 0.634. The van der Waals surface area contributed by atoms with Gasteiger partial charge in [0.2, 0.25) is 5.78 Å². The van der Waals surface area contributed by atoms with Crippen molar-refractivity contribution in [3.8, 4) is 0 Å². The Hall–Kier alpha value is -1.91. The fraction of sp³-hybridized carbons (Fsp3) is 0.0909. The Morgan fingerprint density at radius 3 is 1.70 bits per heavy atom. The molecule has 0 aliphatic heterocycles. The molecule has 0 amide bonds. The molecule has 7 N–H and O–H groups in total. The van der Waals surface area contributed by atoms with Crippen molar-refractivity contribution in [2.75, 3.05) is 0 Å². The topological polar surface area (TPSA) is 183 Å². The third-order valence-electron chi connectivity index (χ3n) is 2.56. The molecule has 20 heavy (non-hydrogen) atoms. The van der Waals surface area contributed by atoms with E-state index in [0.717, 1.165) is 0 Å². The van der Waals surface area contributed by atoms with Crippen LogP contribution < -0.4 is 0 Å². The summed E-state index contributed by atoms with van der Waals surface area (Å²) in [4.78, 5) is 22.9. The van der Waals surface area contributed by atoms with Gasteiger partial charge in [0.15, 0.2) is 5.78 Å². The minimum absolute atomic E-state index is 0. The summed E-state index contributed by atoms with van der Waals surface area (Å²) in [5.41, 5.74) is -0.102. The molecule has 8 nitrogen and oxygen atoms in total. The molecule has 0 bridgehead atoms. The Kier molecular flexibility index (Phi) is 6.63. The highest BCUT2D eigenvalue weighted by Gasteiger charge is 2.35. The lowest BCUT2D eigenvalue weighted by molar-refractivity contribution is 0.0979. The lowest BCUT2D eigenvalue weighted by Gasteiger charge is -2.16. The monoisotopic (exact) mass is 306 g/mol. The Labute approximate surface area is 114 Å². The molecular weight excluding hydrogens is 292 g/mol. The van der Waals surface area contributed by atoms with Crippen molar-refractivity contribution < 1.29 is 39.0 Å². The molecule has 9 heteroatoms. The molecule has 1 aliphatic rings. The predicted molar refractivity (Wildman–Crippen MR) is 70.2 cm³/mol. The van der Waals surface area contributed by atoms with Crippen LogP contribution in [-0.2, 0) is 10.1 Å². The summed E-state index contributed by atoms with van der Waals surface area (Å²) in [5, 5.41) is 0. The van der Waals surface area contributed by atoms with E-state index in [0.29, 0.717) is 0 Å². The maximum Gasteiger partial charge on any atom is 0.298 e. The second-order valence-electron chi connectivity index (χ2n) is 3.63. The van der Waals surface area contributed by atoms with E-state index in [1.807, 2.05) is 0 Å². The summed E-state index contributed by atoms with van der Waals surface area (Å²) in [6, 6.07) is 5.90. The zero-order valence-corrected chi connectivity index (χ0v) is 11.1. The van der Waals surface area contributed by atoms with Crippen molar-refractivity contribution in [1.29, 1.82) is 0 Å².